The molecule has 2 N–H and O–H groups in total. The SMILES string of the molecule is CCC(Sc1nc2ccccc2c(=O)n1C)C(=O)Nc1ccc(Cl)c(C(=O)O)c1. The van der Waals surface area contributed by atoms with Crippen LogP contribution < -0.4 is 10.9 Å². The van der Waals surface area contributed by atoms with Crippen LogP contribution in [0.5, 0.6) is 0 Å². The Morgan fingerprint density at radius 2 is 2.00 bits per heavy atom. The van der Waals surface area contributed by atoms with Crippen LogP contribution in [0.3, 0.4) is 0 Å². The highest BCUT2D eigenvalue weighted by Gasteiger charge is 2.22. The van der Waals surface area contributed by atoms with E-state index < -0.39 is 11.2 Å². The number of para-hydroxylation sites is 1. The predicted octanol–water partition coefficient (Wildman–Crippen LogP) is 3.79. The summed E-state index contributed by atoms with van der Waals surface area (Å²) in [4.78, 5) is 41.0. The van der Waals surface area contributed by atoms with Crippen molar-refractivity contribution in [1.82, 2.24) is 9.55 Å². The maximum Gasteiger partial charge on any atom is 0.337 e. The molecule has 1 amide bonds. The van der Waals surface area contributed by atoms with Gasteiger partial charge in [0.1, 0.15) is 0 Å². The molecule has 1 aromatic heterocycles. The lowest BCUT2D eigenvalue weighted by Gasteiger charge is -2.16. The van der Waals surface area contributed by atoms with E-state index >= 15 is 0 Å². The molecule has 0 bridgehead atoms. The highest BCUT2D eigenvalue weighted by Crippen LogP contribution is 2.26. The average Bonchev–Trinajstić information content (AvgIpc) is 2.70. The van der Waals surface area contributed by atoms with Gasteiger partial charge in [-0.1, -0.05) is 42.4 Å². The first-order valence-corrected chi connectivity index (χ1v) is 10.0. The number of carbonyl (C=O) groups excluding carboxylic acids is 1. The van der Waals surface area contributed by atoms with E-state index in [0.29, 0.717) is 28.2 Å². The average molecular weight is 432 g/mol. The van der Waals surface area contributed by atoms with Gasteiger partial charge in [-0.2, -0.15) is 0 Å². The van der Waals surface area contributed by atoms with Gasteiger partial charge < -0.3 is 10.4 Å². The number of anilines is 1. The molecular formula is C20H18ClN3O4S. The minimum Gasteiger partial charge on any atom is -0.478 e. The molecule has 150 valence electrons. The Morgan fingerprint density at radius 1 is 1.28 bits per heavy atom. The van der Waals surface area contributed by atoms with Crippen LogP contribution in [0.15, 0.2) is 52.4 Å². The molecule has 0 radical (unpaired) electrons. The molecule has 1 unspecified atom stereocenters. The Balaban J connectivity index is 1.85. The van der Waals surface area contributed by atoms with Gasteiger partial charge in [0, 0.05) is 12.7 Å². The Morgan fingerprint density at radius 3 is 2.69 bits per heavy atom. The molecule has 1 atom stereocenters. The fourth-order valence-electron chi connectivity index (χ4n) is 2.74. The van der Waals surface area contributed by atoms with Crippen molar-refractivity contribution in [2.75, 3.05) is 5.32 Å². The molecule has 0 aliphatic heterocycles. The van der Waals surface area contributed by atoms with Crippen molar-refractivity contribution < 1.29 is 14.7 Å². The van der Waals surface area contributed by atoms with Gasteiger partial charge in [0.25, 0.3) is 5.56 Å². The zero-order valence-electron chi connectivity index (χ0n) is 15.7. The molecule has 0 aliphatic carbocycles. The number of carboxylic acids is 1. The fourth-order valence-corrected chi connectivity index (χ4v) is 3.92. The van der Waals surface area contributed by atoms with Gasteiger partial charge in [-0.25, -0.2) is 9.78 Å². The first kappa shape index (κ1) is 20.9. The van der Waals surface area contributed by atoms with Crippen molar-refractivity contribution in [1.29, 1.82) is 0 Å². The third-order valence-electron chi connectivity index (χ3n) is 4.32. The van der Waals surface area contributed by atoms with Gasteiger partial charge in [0.05, 0.1) is 26.7 Å². The maximum atomic E-state index is 12.7. The summed E-state index contributed by atoms with van der Waals surface area (Å²) in [6.45, 7) is 1.85. The highest BCUT2D eigenvalue weighted by atomic mass is 35.5. The van der Waals surface area contributed by atoms with Crippen molar-refractivity contribution in [3.05, 3.63) is 63.4 Å². The van der Waals surface area contributed by atoms with E-state index in [9.17, 15) is 19.5 Å². The topological polar surface area (TPSA) is 101 Å². The van der Waals surface area contributed by atoms with Crippen LogP contribution in [0, 0.1) is 0 Å². The predicted molar refractivity (Wildman–Crippen MR) is 114 cm³/mol. The second kappa shape index (κ2) is 8.67. The lowest BCUT2D eigenvalue weighted by Crippen LogP contribution is -2.27. The van der Waals surface area contributed by atoms with E-state index in [4.69, 9.17) is 11.6 Å². The number of carbonyl (C=O) groups is 2. The molecule has 29 heavy (non-hydrogen) atoms. The quantitative estimate of drug-likeness (QED) is 0.454. The zero-order chi connectivity index (χ0) is 21.1. The number of benzene rings is 2. The Hall–Kier alpha value is -2.84. The normalized spacial score (nSPS) is 12.0. The van der Waals surface area contributed by atoms with Crippen LogP contribution in [-0.2, 0) is 11.8 Å². The third kappa shape index (κ3) is 4.44. The summed E-state index contributed by atoms with van der Waals surface area (Å²) < 4.78 is 1.42. The number of halogens is 1. The van der Waals surface area contributed by atoms with E-state index in [1.807, 2.05) is 6.92 Å². The number of nitrogens with zero attached hydrogens (tertiary/aromatic N) is 2. The number of amides is 1. The number of carboxylic acid groups (broad SMARTS) is 1. The molecule has 0 saturated carbocycles. The van der Waals surface area contributed by atoms with Crippen LogP contribution in [0.25, 0.3) is 10.9 Å². The standard InChI is InChI=1S/C20H18ClN3O4S/c1-3-16(17(25)22-11-8-9-14(21)13(10-11)19(27)28)29-20-23-15-7-5-4-6-12(15)18(26)24(20)2/h4-10,16H,3H2,1-2H3,(H,22,25)(H,27,28). The van der Waals surface area contributed by atoms with Gasteiger partial charge >= 0.3 is 5.97 Å². The van der Waals surface area contributed by atoms with Gasteiger partial charge in [-0.05, 0) is 36.8 Å². The molecule has 2 aromatic carbocycles. The number of aromatic nitrogens is 2. The molecule has 3 aromatic rings. The lowest BCUT2D eigenvalue weighted by molar-refractivity contribution is -0.115. The highest BCUT2D eigenvalue weighted by molar-refractivity contribution is 8.00. The van der Waals surface area contributed by atoms with Crippen molar-refractivity contribution in [2.24, 2.45) is 7.05 Å². The number of nitrogens with one attached hydrogen (secondary N) is 1. The summed E-state index contributed by atoms with van der Waals surface area (Å²) in [6.07, 6.45) is 0.485. The van der Waals surface area contributed by atoms with Gasteiger partial charge in [0.2, 0.25) is 5.91 Å². The summed E-state index contributed by atoms with van der Waals surface area (Å²) in [7, 11) is 1.62. The van der Waals surface area contributed by atoms with Crippen molar-refractivity contribution in [3.63, 3.8) is 0 Å². The van der Waals surface area contributed by atoms with Gasteiger partial charge in [-0.15, -0.1) is 0 Å². The zero-order valence-corrected chi connectivity index (χ0v) is 17.3. The number of thioether (sulfide) groups is 1. The van der Waals surface area contributed by atoms with Crippen LogP contribution in [-0.4, -0.2) is 31.8 Å². The second-order valence-electron chi connectivity index (χ2n) is 6.28. The minimum atomic E-state index is -1.18. The van der Waals surface area contributed by atoms with E-state index in [1.54, 1.807) is 31.3 Å². The Bertz CT molecular complexity index is 1160. The minimum absolute atomic E-state index is 0.0901. The summed E-state index contributed by atoms with van der Waals surface area (Å²) in [5.74, 6) is -1.50. The summed E-state index contributed by atoms with van der Waals surface area (Å²) in [5.41, 5.74) is 0.620. The van der Waals surface area contributed by atoms with E-state index in [1.165, 1.54) is 34.5 Å². The molecule has 9 heteroatoms. The Labute approximate surface area is 175 Å². The summed E-state index contributed by atoms with van der Waals surface area (Å²) >= 11 is 7.05. The number of hydrogen-bond acceptors (Lipinski definition) is 5. The van der Waals surface area contributed by atoms with Gasteiger partial charge in [-0.3, -0.25) is 14.2 Å². The van der Waals surface area contributed by atoms with E-state index in [0.717, 1.165) is 0 Å². The number of hydrogen-bond donors (Lipinski definition) is 2. The first-order valence-electron chi connectivity index (χ1n) is 8.78. The number of aromatic carboxylic acids is 1. The molecular weight excluding hydrogens is 414 g/mol. The Kier molecular flexibility index (Phi) is 6.24. The van der Waals surface area contributed by atoms with Crippen molar-refractivity contribution >= 4 is 51.8 Å². The lowest BCUT2D eigenvalue weighted by atomic mass is 10.2. The van der Waals surface area contributed by atoms with Crippen LogP contribution in [0.2, 0.25) is 5.02 Å². The summed E-state index contributed by atoms with van der Waals surface area (Å²) in [5, 5.41) is 12.4. The molecule has 1 heterocycles. The first-order chi connectivity index (χ1) is 13.8. The maximum absolute atomic E-state index is 12.7. The summed E-state index contributed by atoms with van der Waals surface area (Å²) in [6, 6.07) is 11.3. The third-order valence-corrected chi connectivity index (χ3v) is 6.05. The van der Waals surface area contributed by atoms with Crippen molar-refractivity contribution in [3.8, 4) is 0 Å². The fraction of sp³-hybridized carbons (Fsp3) is 0.200. The largest absolute Gasteiger partial charge is 0.478 e. The molecule has 0 spiro atoms. The number of fused-ring (bicyclic) bond motifs is 1. The molecule has 3 rings (SSSR count). The van der Waals surface area contributed by atoms with Gasteiger partial charge in [0.15, 0.2) is 5.16 Å². The van der Waals surface area contributed by atoms with Crippen LogP contribution in [0.1, 0.15) is 23.7 Å². The monoisotopic (exact) mass is 431 g/mol. The number of rotatable bonds is 6. The molecule has 0 aliphatic rings. The molecule has 0 saturated heterocycles. The van der Waals surface area contributed by atoms with Crippen molar-refractivity contribution in [2.45, 2.75) is 23.8 Å². The smallest absolute Gasteiger partial charge is 0.337 e. The molecule has 7 nitrogen and oxygen atoms in total. The second-order valence-corrected chi connectivity index (χ2v) is 7.86. The van der Waals surface area contributed by atoms with Crippen LogP contribution in [0.4, 0.5) is 5.69 Å². The van der Waals surface area contributed by atoms with E-state index in [-0.39, 0.29) is 22.1 Å². The van der Waals surface area contributed by atoms with E-state index in [2.05, 4.69) is 10.3 Å². The molecule has 0 fully saturated rings. The van der Waals surface area contributed by atoms with Crippen LogP contribution >= 0.6 is 23.4 Å².